The van der Waals surface area contributed by atoms with Gasteiger partial charge < -0.3 is 14.6 Å². The summed E-state index contributed by atoms with van der Waals surface area (Å²) in [4.78, 5) is 11.7. The Morgan fingerprint density at radius 1 is 1.27 bits per heavy atom. The minimum Gasteiger partial charge on any atom is -0.507 e. The van der Waals surface area contributed by atoms with Crippen LogP contribution in [-0.4, -0.2) is 23.3 Å². The number of esters is 1. The summed E-state index contributed by atoms with van der Waals surface area (Å²) in [5.74, 6) is 0.852. The van der Waals surface area contributed by atoms with Crippen molar-refractivity contribution in [2.24, 2.45) is 5.92 Å². The molecule has 122 valence electrons. The van der Waals surface area contributed by atoms with Gasteiger partial charge in [0.05, 0.1) is 5.92 Å². The Morgan fingerprint density at radius 3 is 2.50 bits per heavy atom. The summed E-state index contributed by atoms with van der Waals surface area (Å²) in [6.07, 6.45) is 1.57. The van der Waals surface area contributed by atoms with Crippen molar-refractivity contribution in [3.63, 3.8) is 0 Å². The Kier molecular flexibility index (Phi) is 4.41. The zero-order valence-electron chi connectivity index (χ0n) is 14.4. The minimum absolute atomic E-state index is 0.136. The predicted molar refractivity (Wildman–Crippen MR) is 85.5 cm³/mol. The number of phenolic OH excluding ortho intramolecular Hbond substituents is 1. The lowest BCUT2D eigenvalue weighted by Crippen LogP contribution is -2.42. The molecule has 0 aliphatic carbocycles. The molecule has 1 N–H and O–H groups in total. The molecule has 1 atom stereocenters. The summed E-state index contributed by atoms with van der Waals surface area (Å²) in [5.41, 5.74) is 3.24. The number of carbonyl (C=O) groups excluding carboxylic acids is 1. The van der Waals surface area contributed by atoms with E-state index < -0.39 is 5.60 Å². The molecule has 0 radical (unpaired) electrons. The Hall–Kier alpha value is -1.71. The smallest absolute Gasteiger partial charge is 0.308 e. The number of ether oxygens (including phenoxy) is 2. The zero-order valence-corrected chi connectivity index (χ0v) is 14.4. The minimum atomic E-state index is -0.516. The predicted octanol–water partition coefficient (Wildman–Crippen LogP) is 3.60. The van der Waals surface area contributed by atoms with Gasteiger partial charge in [0.25, 0.3) is 0 Å². The molecule has 4 nitrogen and oxygen atoms in total. The molecule has 0 spiro atoms. The van der Waals surface area contributed by atoms with Crippen LogP contribution in [0.25, 0.3) is 0 Å². The highest BCUT2D eigenvalue weighted by Crippen LogP contribution is 2.43. The van der Waals surface area contributed by atoms with Crippen molar-refractivity contribution in [2.45, 2.75) is 60.0 Å². The highest BCUT2D eigenvalue weighted by atomic mass is 16.6. The van der Waals surface area contributed by atoms with Gasteiger partial charge in [-0.1, -0.05) is 13.8 Å². The van der Waals surface area contributed by atoms with Crippen molar-refractivity contribution in [2.75, 3.05) is 6.61 Å². The van der Waals surface area contributed by atoms with E-state index in [9.17, 15) is 9.90 Å². The summed E-state index contributed by atoms with van der Waals surface area (Å²) in [5, 5.41) is 10.2. The second-order valence-corrected chi connectivity index (χ2v) is 6.85. The van der Waals surface area contributed by atoms with Gasteiger partial charge in [0.15, 0.2) is 0 Å². The molecule has 0 aromatic heterocycles. The maximum atomic E-state index is 11.7. The summed E-state index contributed by atoms with van der Waals surface area (Å²) >= 11 is 0. The van der Waals surface area contributed by atoms with E-state index in [1.807, 2.05) is 41.5 Å². The maximum Gasteiger partial charge on any atom is 0.308 e. The van der Waals surface area contributed by atoms with Crippen LogP contribution < -0.4 is 4.74 Å². The normalized spacial score (nSPS) is 20.5. The molecule has 1 unspecified atom stereocenters. The van der Waals surface area contributed by atoms with E-state index in [2.05, 4.69) is 0 Å². The number of phenols is 1. The number of rotatable bonds is 3. The Morgan fingerprint density at radius 2 is 1.91 bits per heavy atom. The van der Waals surface area contributed by atoms with Gasteiger partial charge in [-0.3, -0.25) is 4.79 Å². The zero-order chi connectivity index (χ0) is 16.7. The Labute approximate surface area is 132 Å². The van der Waals surface area contributed by atoms with E-state index in [0.29, 0.717) is 5.75 Å². The third-order valence-electron chi connectivity index (χ3n) is 4.58. The van der Waals surface area contributed by atoms with Crippen molar-refractivity contribution in [1.82, 2.24) is 0 Å². The van der Waals surface area contributed by atoms with Crippen LogP contribution in [-0.2, 0) is 16.0 Å². The molecule has 0 saturated carbocycles. The van der Waals surface area contributed by atoms with Gasteiger partial charge in [0.1, 0.15) is 23.7 Å². The quantitative estimate of drug-likeness (QED) is 0.867. The van der Waals surface area contributed by atoms with Gasteiger partial charge in [-0.05, 0) is 57.2 Å². The fourth-order valence-electron chi connectivity index (χ4n) is 2.79. The Bertz CT molecular complexity index is 604. The van der Waals surface area contributed by atoms with Gasteiger partial charge in [-0.2, -0.15) is 0 Å². The molecule has 0 amide bonds. The highest BCUT2D eigenvalue weighted by Gasteiger charge is 2.36. The summed E-state index contributed by atoms with van der Waals surface area (Å²) in [6.45, 7) is 11.6. The topological polar surface area (TPSA) is 55.8 Å². The molecule has 0 bridgehead atoms. The van der Waals surface area contributed by atoms with Crippen LogP contribution in [0.5, 0.6) is 11.5 Å². The van der Waals surface area contributed by atoms with Crippen LogP contribution >= 0.6 is 0 Å². The van der Waals surface area contributed by atoms with Crippen LogP contribution in [0.15, 0.2) is 0 Å². The fraction of sp³-hybridized carbons (Fsp3) is 0.611. The standard InChI is InChI=1S/C18H26O4/c1-10(2)17(20)21-9-18(6)8-7-14-13(5)15(19)11(3)12(4)16(14)22-18/h10,19H,7-9H2,1-6H3. The molecule has 1 aliphatic rings. The summed E-state index contributed by atoms with van der Waals surface area (Å²) in [7, 11) is 0. The second kappa shape index (κ2) is 5.82. The third-order valence-corrected chi connectivity index (χ3v) is 4.58. The number of fused-ring (bicyclic) bond motifs is 1. The molecule has 0 fully saturated rings. The molecule has 0 saturated heterocycles. The summed E-state index contributed by atoms with van der Waals surface area (Å²) in [6, 6.07) is 0. The monoisotopic (exact) mass is 306 g/mol. The van der Waals surface area contributed by atoms with Gasteiger partial charge in [0.2, 0.25) is 0 Å². The molecule has 1 heterocycles. The third kappa shape index (κ3) is 2.92. The van der Waals surface area contributed by atoms with Crippen molar-refractivity contribution in [3.05, 3.63) is 22.3 Å². The number of hydrogen-bond acceptors (Lipinski definition) is 4. The molecule has 1 aliphatic heterocycles. The first kappa shape index (κ1) is 16.7. The number of hydrogen-bond donors (Lipinski definition) is 1. The molecular formula is C18H26O4. The van der Waals surface area contributed by atoms with Crippen LogP contribution in [0.1, 0.15) is 49.4 Å². The van der Waals surface area contributed by atoms with Gasteiger partial charge in [-0.15, -0.1) is 0 Å². The molecule has 1 aromatic rings. The second-order valence-electron chi connectivity index (χ2n) is 6.85. The number of aromatic hydroxyl groups is 1. The van der Waals surface area contributed by atoms with Crippen LogP contribution in [0, 0.1) is 26.7 Å². The molecule has 2 rings (SSSR count). The lowest BCUT2D eigenvalue weighted by molar-refractivity contribution is -0.153. The highest BCUT2D eigenvalue weighted by molar-refractivity contribution is 5.71. The van der Waals surface area contributed by atoms with E-state index in [-0.39, 0.29) is 18.5 Å². The number of benzene rings is 1. The first-order valence-electron chi connectivity index (χ1n) is 7.83. The molecule has 1 aromatic carbocycles. The largest absolute Gasteiger partial charge is 0.507 e. The van der Waals surface area contributed by atoms with Crippen molar-refractivity contribution in [3.8, 4) is 11.5 Å². The van der Waals surface area contributed by atoms with E-state index in [4.69, 9.17) is 9.47 Å². The first-order chi connectivity index (χ1) is 10.2. The molecule has 4 heteroatoms. The number of carbonyl (C=O) groups is 1. The Balaban J connectivity index is 2.26. The van der Waals surface area contributed by atoms with Crippen molar-refractivity contribution in [1.29, 1.82) is 0 Å². The van der Waals surface area contributed by atoms with E-state index in [1.54, 1.807) is 0 Å². The first-order valence-corrected chi connectivity index (χ1v) is 7.83. The van der Waals surface area contributed by atoms with Gasteiger partial charge in [-0.25, -0.2) is 0 Å². The molecule has 22 heavy (non-hydrogen) atoms. The fourth-order valence-corrected chi connectivity index (χ4v) is 2.79. The van der Waals surface area contributed by atoms with Gasteiger partial charge in [0, 0.05) is 5.56 Å². The molecular weight excluding hydrogens is 280 g/mol. The van der Waals surface area contributed by atoms with Crippen molar-refractivity contribution >= 4 is 5.97 Å². The van der Waals surface area contributed by atoms with Crippen molar-refractivity contribution < 1.29 is 19.4 Å². The van der Waals surface area contributed by atoms with Crippen LogP contribution in [0.3, 0.4) is 0 Å². The van der Waals surface area contributed by atoms with Gasteiger partial charge >= 0.3 is 5.97 Å². The SMILES string of the molecule is Cc1c(C)c2c(c(C)c1O)CCC(C)(COC(=O)C(C)C)O2. The van der Waals surface area contributed by atoms with Crippen LogP contribution in [0.2, 0.25) is 0 Å². The van der Waals surface area contributed by atoms with E-state index in [1.165, 1.54) is 0 Å². The van der Waals surface area contributed by atoms with E-state index >= 15 is 0 Å². The lowest BCUT2D eigenvalue weighted by atomic mass is 9.87. The van der Waals surface area contributed by atoms with Crippen LogP contribution in [0.4, 0.5) is 0 Å². The summed E-state index contributed by atoms with van der Waals surface area (Å²) < 4.78 is 11.6. The average Bonchev–Trinajstić information content (AvgIpc) is 2.48. The average molecular weight is 306 g/mol. The maximum absolute atomic E-state index is 11.7. The lowest BCUT2D eigenvalue weighted by Gasteiger charge is -2.37. The van der Waals surface area contributed by atoms with E-state index in [0.717, 1.165) is 40.8 Å².